The highest BCUT2D eigenvalue weighted by atomic mass is 16.2. The van der Waals surface area contributed by atoms with Gasteiger partial charge in [-0.15, -0.1) is 0 Å². The topological polar surface area (TPSA) is 38.1 Å². The van der Waals surface area contributed by atoms with E-state index >= 15 is 0 Å². The molecule has 0 spiro atoms. The van der Waals surface area contributed by atoms with Gasteiger partial charge in [0.25, 0.3) is 0 Å². The van der Waals surface area contributed by atoms with Crippen LogP contribution in [0.3, 0.4) is 0 Å². The van der Waals surface area contributed by atoms with Crippen molar-refractivity contribution in [1.29, 1.82) is 0 Å². The van der Waals surface area contributed by atoms with Crippen LogP contribution in [0.15, 0.2) is 18.7 Å². The van der Waals surface area contributed by atoms with Gasteiger partial charge in [0.05, 0.1) is 6.33 Å². The maximum Gasteiger partial charge on any atom is 0.224 e. The van der Waals surface area contributed by atoms with Gasteiger partial charge in [0, 0.05) is 37.9 Å². The van der Waals surface area contributed by atoms with Gasteiger partial charge in [-0.25, -0.2) is 4.98 Å². The van der Waals surface area contributed by atoms with Crippen molar-refractivity contribution in [3.63, 3.8) is 0 Å². The summed E-state index contributed by atoms with van der Waals surface area (Å²) in [6.07, 6.45) is 9.62. The number of amides is 1. The second kappa shape index (κ2) is 4.61. The number of aromatic nitrogens is 2. The number of carbonyl (C=O) groups is 1. The highest BCUT2D eigenvalue weighted by molar-refractivity contribution is 5.77. The Kier molecular flexibility index (Phi) is 3.14. The predicted octanol–water partition coefficient (Wildman–Crippen LogP) is 2.70. The Labute approximate surface area is 121 Å². The third-order valence-electron chi connectivity index (χ3n) is 4.88. The van der Waals surface area contributed by atoms with Crippen molar-refractivity contribution >= 4 is 5.91 Å². The molecule has 1 saturated heterocycles. The Hall–Kier alpha value is -1.32. The molecule has 4 heteroatoms. The van der Waals surface area contributed by atoms with Crippen LogP contribution in [-0.4, -0.2) is 32.9 Å². The van der Waals surface area contributed by atoms with Gasteiger partial charge in [0.1, 0.15) is 0 Å². The molecule has 0 aromatic carbocycles. The van der Waals surface area contributed by atoms with E-state index in [2.05, 4.69) is 30.7 Å². The third kappa shape index (κ3) is 2.60. The molecule has 1 aliphatic carbocycles. The van der Waals surface area contributed by atoms with Gasteiger partial charge >= 0.3 is 0 Å². The van der Waals surface area contributed by atoms with Crippen LogP contribution in [0.5, 0.6) is 0 Å². The molecular formula is C16H25N3O. The second-order valence-corrected chi connectivity index (χ2v) is 7.79. The fraction of sp³-hybridized carbons (Fsp3) is 0.750. The van der Waals surface area contributed by atoms with Crippen LogP contribution in [0.1, 0.15) is 46.5 Å². The molecule has 1 aromatic rings. The standard InChI is InChI=1S/C16H25N3O/c1-15(2)8-13-9-16(3,10-15)11-19(13)14(20)4-6-18-7-5-17-12-18/h5,7,12-13H,4,6,8-11H2,1-3H3/t13-,16-/m1/s1. The zero-order valence-electron chi connectivity index (χ0n) is 12.8. The molecule has 2 heterocycles. The van der Waals surface area contributed by atoms with Crippen LogP contribution in [-0.2, 0) is 11.3 Å². The Morgan fingerprint density at radius 2 is 2.15 bits per heavy atom. The Balaban J connectivity index is 1.64. The Bertz CT molecular complexity index is 494. The lowest BCUT2D eigenvalue weighted by Crippen LogP contribution is -2.38. The van der Waals surface area contributed by atoms with Gasteiger partial charge in [-0.2, -0.15) is 0 Å². The van der Waals surface area contributed by atoms with E-state index in [1.165, 1.54) is 12.8 Å². The molecule has 20 heavy (non-hydrogen) atoms. The average Bonchev–Trinajstić information content (AvgIpc) is 2.91. The summed E-state index contributed by atoms with van der Waals surface area (Å²) in [5.74, 6) is 0.310. The number of fused-ring (bicyclic) bond motifs is 2. The number of hydrogen-bond acceptors (Lipinski definition) is 2. The molecule has 2 bridgehead atoms. The Morgan fingerprint density at radius 1 is 1.35 bits per heavy atom. The van der Waals surface area contributed by atoms with E-state index in [4.69, 9.17) is 0 Å². The predicted molar refractivity (Wildman–Crippen MR) is 78.1 cm³/mol. The minimum Gasteiger partial charge on any atom is -0.339 e. The highest BCUT2D eigenvalue weighted by Gasteiger charge is 2.50. The van der Waals surface area contributed by atoms with Gasteiger partial charge < -0.3 is 9.47 Å². The summed E-state index contributed by atoms with van der Waals surface area (Å²) in [6.45, 7) is 8.73. The van der Waals surface area contributed by atoms with Crippen LogP contribution >= 0.6 is 0 Å². The van der Waals surface area contributed by atoms with Crippen LogP contribution < -0.4 is 0 Å². The smallest absolute Gasteiger partial charge is 0.224 e. The fourth-order valence-corrected chi connectivity index (χ4v) is 4.54. The summed E-state index contributed by atoms with van der Waals surface area (Å²) in [5, 5.41) is 0. The first-order chi connectivity index (χ1) is 9.37. The molecule has 3 rings (SSSR count). The summed E-state index contributed by atoms with van der Waals surface area (Å²) < 4.78 is 1.98. The van der Waals surface area contributed by atoms with Gasteiger partial charge in [-0.1, -0.05) is 20.8 Å². The molecule has 1 aliphatic heterocycles. The van der Waals surface area contributed by atoms with E-state index in [9.17, 15) is 4.79 Å². The maximum atomic E-state index is 12.5. The zero-order valence-corrected chi connectivity index (χ0v) is 12.8. The number of nitrogens with zero attached hydrogens (tertiary/aromatic N) is 3. The van der Waals surface area contributed by atoms with E-state index in [1.54, 1.807) is 12.5 Å². The quantitative estimate of drug-likeness (QED) is 0.850. The van der Waals surface area contributed by atoms with E-state index in [1.807, 2.05) is 10.8 Å². The summed E-state index contributed by atoms with van der Waals surface area (Å²) in [4.78, 5) is 18.7. The van der Waals surface area contributed by atoms with Crippen molar-refractivity contribution in [3.8, 4) is 0 Å². The van der Waals surface area contributed by atoms with E-state index in [0.717, 1.165) is 19.5 Å². The molecule has 2 atom stereocenters. The van der Waals surface area contributed by atoms with Crippen LogP contribution in [0, 0.1) is 10.8 Å². The number of aryl methyl sites for hydroxylation is 1. The van der Waals surface area contributed by atoms with Gasteiger partial charge in [0.2, 0.25) is 5.91 Å². The van der Waals surface area contributed by atoms with Gasteiger partial charge in [-0.3, -0.25) is 4.79 Å². The molecule has 1 amide bonds. The number of carbonyl (C=O) groups excluding carboxylic acids is 1. The molecule has 0 unspecified atom stereocenters. The lowest BCUT2D eigenvalue weighted by molar-refractivity contribution is -0.132. The first-order valence-electron chi connectivity index (χ1n) is 7.62. The van der Waals surface area contributed by atoms with Crippen LogP contribution in [0.2, 0.25) is 0 Å². The average molecular weight is 275 g/mol. The third-order valence-corrected chi connectivity index (χ3v) is 4.88. The SMILES string of the molecule is CC1(C)C[C@@H]2C[C@@](C)(CN2C(=O)CCn2ccnc2)C1. The summed E-state index contributed by atoms with van der Waals surface area (Å²) in [6, 6.07) is 0.457. The summed E-state index contributed by atoms with van der Waals surface area (Å²) in [7, 11) is 0. The number of rotatable bonds is 3. The van der Waals surface area contributed by atoms with E-state index < -0.39 is 0 Å². The van der Waals surface area contributed by atoms with Crippen molar-refractivity contribution < 1.29 is 4.79 Å². The number of hydrogen-bond donors (Lipinski definition) is 0. The van der Waals surface area contributed by atoms with Crippen molar-refractivity contribution in [1.82, 2.24) is 14.5 Å². The second-order valence-electron chi connectivity index (χ2n) is 7.79. The van der Waals surface area contributed by atoms with Crippen LogP contribution in [0.25, 0.3) is 0 Å². The molecule has 1 saturated carbocycles. The minimum atomic E-state index is 0.310. The monoisotopic (exact) mass is 275 g/mol. The first-order valence-corrected chi connectivity index (χ1v) is 7.62. The van der Waals surface area contributed by atoms with Crippen molar-refractivity contribution in [2.45, 2.75) is 59.0 Å². The van der Waals surface area contributed by atoms with Crippen LogP contribution in [0.4, 0.5) is 0 Å². The minimum absolute atomic E-state index is 0.310. The molecule has 0 radical (unpaired) electrons. The summed E-state index contributed by atoms with van der Waals surface area (Å²) >= 11 is 0. The first kappa shape index (κ1) is 13.7. The normalized spacial score (nSPS) is 31.6. The maximum absolute atomic E-state index is 12.5. The van der Waals surface area contributed by atoms with Gasteiger partial charge in [-0.05, 0) is 30.1 Å². The molecular weight excluding hydrogens is 250 g/mol. The van der Waals surface area contributed by atoms with E-state index in [0.29, 0.717) is 29.2 Å². The molecule has 4 nitrogen and oxygen atoms in total. The van der Waals surface area contributed by atoms with Crippen molar-refractivity contribution in [2.24, 2.45) is 10.8 Å². The molecule has 0 N–H and O–H groups in total. The molecule has 2 aliphatic rings. The van der Waals surface area contributed by atoms with E-state index in [-0.39, 0.29) is 0 Å². The van der Waals surface area contributed by atoms with Crippen molar-refractivity contribution in [3.05, 3.63) is 18.7 Å². The molecule has 110 valence electrons. The molecule has 1 aromatic heterocycles. The largest absolute Gasteiger partial charge is 0.339 e. The Morgan fingerprint density at radius 3 is 2.85 bits per heavy atom. The summed E-state index contributed by atoms with van der Waals surface area (Å²) in [5.41, 5.74) is 0.703. The lowest BCUT2D eigenvalue weighted by atomic mass is 9.65. The number of likely N-dealkylation sites (tertiary alicyclic amines) is 1. The highest BCUT2D eigenvalue weighted by Crippen LogP contribution is 2.52. The molecule has 2 fully saturated rings. The lowest BCUT2D eigenvalue weighted by Gasteiger charge is -2.39. The number of imidazole rings is 1. The van der Waals surface area contributed by atoms with Crippen molar-refractivity contribution in [2.75, 3.05) is 6.54 Å². The zero-order chi connectivity index (χ0) is 14.4. The van der Waals surface area contributed by atoms with Gasteiger partial charge in [0.15, 0.2) is 0 Å². The fourth-order valence-electron chi connectivity index (χ4n) is 4.54.